The summed E-state index contributed by atoms with van der Waals surface area (Å²) in [6, 6.07) is 22.1. The molecule has 6 nitrogen and oxygen atoms in total. The molecule has 0 radical (unpaired) electrons. The van der Waals surface area contributed by atoms with E-state index in [4.69, 9.17) is 0 Å². The van der Waals surface area contributed by atoms with Gasteiger partial charge in [0, 0.05) is 6.54 Å². The van der Waals surface area contributed by atoms with E-state index in [2.05, 4.69) is 15.0 Å². The maximum Gasteiger partial charge on any atom is 0.387 e. The van der Waals surface area contributed by atoms with Gasteiger partial charge in [-0.05, 0) is 42.0 Å². The van der Waals surface area contributed by atoms with E-state index in [0.29, 0.717) is 28.3 Å². The molecule has 9 heteroatoms. The minimum absolute atomic E-state index is 0.0231. The van der Waals surface area contributed by atoms with Crippen LogP contribution in [0.25, 0.3) is 16.6 Å². The molecule has 3 aromatic carbocycles. The van der Waals surface area contributed by atoms with E-state index in [0.717, 1.165) is 17.3 Å². The quantitative estimate of drug-likeness (QED) is 0.307. The van der Waals surface area contributed by atoms with Crippen molar-refractivity contribution in [2.45, 2.75) is 18.3 Å². The lowest BCUT2D eigenvalue weighted by atomic mass is 10.2. The maximum absolute atomic E-state index is 13.2. The molecule has 1 N–H and O–H groups in total. The molecule has 0 atom stereocenters. The van der Waals surface area contributed by atoms with Crippen LogP contribution >= 0.6 is 11.8 Å². The van der Waals surface area contributed by atoms with Crippen LogP contribution in [-0.4, -0.2) is 27.8 Å². The Morgan fingerprint density at radius 3 is 2.42 bits per heavy atom. The van der Waals surface area contributed by atoms with Crippen molar-refractivity contribution < 1.29 is 18.3 Å². The summed E-state index contributed by atoms with van der Waals surface area (Å²) in [6.07, 6.45) is 0. The monoisotopic (exact) mass is 467 g/mol. The van der Waals surface area contributed by atoms with E-state index in [1.54, 1.807) is 24.3 Å². The van der Waals surface area contributed by atoms with Gasteiger partial charge in [-0.1, -0.05) is 54.2 Å². The highest BCUT2D eigenvalue weighted by molar-refractivity contribution is 7.99. The normalized spacial score (nSPS) is 11.0. The predicted molar refractivity (Wildman–Crippen MR) is 123 cm³/mol. The molecule has 0 bridgehead atoms. The molecule has 1 amide bonds. The Bertz CT molecular complexity index is 1310. The van der Waals surface area contributed by atoms with Crippen LogP contribution in [0.4, 0.5) is 8.78 Å². The number of nitrogens with zero attached hydrogens (tertiary/aromatic N) is 2. The molecule has 4 rings (SSSR count). The van der Waals surface area contributed by atoms with Crippen LogP contribution in [-0.2, 0) is 11.3 Å². The van der Waals surface area contributed by atoms with Crippen molar-refractivity contribution in [2.24, 2.45) is 0 Å². The van der Waals surface area contributed by atoms with Crippen molar-refractivity contribution >= 4 is 28.6 Å². The Morgan fingerprint density at radius 2 is 1.70 bits per heavy atom. The van der Waals surface area contributed by atoms with Crippen LogP contribution in [0.1, 0.15) is 5.56 Å². The number of carbonyl (C=O) groups excluding carboxylic acids is 1. The number of hydrogen-bond acceptors (Lipinski definition) is 5. The Balaban J connectivity index is 1.60. The number of ether oxygens (including phenoxy) is 1. The maximum atomic E-state index is 13.2. The van der Waals surface area contributed by atoms with Crippen LogP contribution in [0.3, 0.4) is 0 Å². The van der Waals surface area contributed by atoms with E-state index < -0.39 is 6.61 Å². The Morgan fingerprint density at radius 1 is 1.00 bits per heavy atom. The average Bonchev–Trinajstić information content (AvgIpc) is 2.82. The molecule has 33 heavy (non-hydrogen) atoms. The summed E-state index contributed by atoms with van der Waals surface area (Å²) in [7, 11) is 0. The number of thioether (sulfide) groups is 1. The van der Waals surface area contributed by atoms with Gasteiger partial charge >= 0.3 is 6.61 Å². The second-order valence-electron chi connectivity index (χ2n) is 6.98. The van der Waals surface area contributed by atoms with E-state index >= 15 is 0 Å². The van der Waals surface area contributed by atoms with Gasteiger partial charge in [-0.2, -0.15) is 8.78 Å². The predicted octanol–water partition coefficient (Wildman–Crippen LogP) is 4.40. The topological polar surface area (TPSA) is 73.2 Å². The smallest absolute Gasteiger partial charge is 0.387 e. The summed E-state index contributed by atoms with van der Waals surface area (Å²) in [5.41, 5.74) is 1.58. The Hall–Kier alpha value is -3.72. The lowest BCUT2D eigenvalue weighted by Crippen LogP contribution is -2.26. The first-order valence-electron chi connectivity index (χ1n) is 10.0. The number of hydrogen-bond donors (Lipinski definition) is 1. The number of para-hydroxylation sites is 1. The molecule has 0 spiro atoms. The first-order chi connectivity index (χ1) is 16.0. The van der Waals surface area contributed by atoms with Crippen LogP contribution in [0.15, 0.2) is 88.8 Å². The molecular formula is C24H19F2N3O3S. The molecule has 4 aromatic rings. The second kappa shape index (κ2) is 10.3. The molecule has 1 heterocycles. The first kappa shape index (κ1) is 22.5. The molecule has 168 valence electrons. The van der Waals surface area contributed by atoms with Gasteiger partial charge in [0.2, 0.25) is 5.91 Å². The second-order valence-corrected chi connectivity index (χ2v) is 7.92. The van der Waals surface area contributed by atoms with Crippen molar-refractivity contribution in [3.8, 4) is 11.4 Å². The number of halogens is 2. The van der Waals surface area contributed by atoms with Crippen LogP contribution < -0.4 is 15.6 Å². The molecule has 0 aliphatic rings. The zero-order valence-corrected chi connectivity index (χ0v) is 18.1. The van der Waals surface area contributed by atoms with Crippen LogP contribution in [0, 0.1) is 0 Å². The van der Waals surface area contributed by atoms with Crippen molar-refractivity contribution in [2.75, 3.05) is 5.75 Å². The van der Waals surface area contributed by atoms with E-state index in [-0.39, 0.29) is 23.0 Å². The molecule has 0 fully saturated rings. The minimum atomic E-state index is -2.94. The average molecular weight is 467 g/mol. The van der Waals surface area contributed by atoms with Gasteiger partial charge in [0.15, 0.2) is 5.16 Å². The highest BCUT2D eigenvalue weighted by atomic mass is 32.2. The van der Waals surface area contributed by atoms with Gasteiger partial charge in [0.1, 0.15) is 5.75 Å². The molecule has 0 saturated heterocycles. The SMILES string of the molecule is O=C(CSc1nc2ccccc2c(=O)n1-c1ccc(OC(F)F)cc1)NCc1ccccc1. The zero-order valence-electron chi connectivity index (χ0n) is 17.3. The summed E-state index contributed by atoms with van der Waals surface area (Å²) >= 11 is 1.12. The molecule has 0 saturated carbocycles. The third-order valence-corrected chi connectivity index (χ3v) is 5.67. The van der Waals surface area contributed by atoms with Gasteiger partial charge < -0.3 is 10.1 Å². The van der Waals surface area contributed by atoms with Crippen molar-refractivity contribution in [1.29, 1.82) is 0 Å². The highest BCUT2D eigenvalue weighted by Gasteiger charge is 2.15. The molecule has 0 aliphatic carbocycles. The fraction of sp³-hybridized carbons (Fsp3) is 0.125. The zero-order chi connectivity index (χ0) is 23.2. The van der Waals surface area contributed by atoms with Crippen molar-refractivity contribution in [3.63, 3.8) is 0 Å². The minimum Gasteiger partial charge on any atom is -0.435 e. The van der Waals surface area contributed by atoms with Gasteiger partial charge in [0.25, 0.3) is 5.56 Å². The van der Waals surface area contributed by atoms with Crippen LogP contribution in [0.2, 0.25) is 0 Å². The molecule has 1 aromatic heterocycles. The van der Waals surface area contributed by atoms with Gasteiger partial charge in [-0.3, -0.25) is 14.2 Å². The van der Waals surface area contributed by atoms with E-state index in [9.17, 15) is 18.4 Å². The lowest BCUT2D eigenvalue weighted by molar-refractivity contribution is -0.118. The number of aromatic nitrogens is 2. The first-order valence-corrected chi connectivity index (χ1v) is 11.0. The third kappa shape index (κ3) is 5.56. The third-order valence-electron chi connectivity index (χ3n) is 4.73. The number of fused-ring (bicyclic) bond motifs is 1. The fourth-order valence-electron chi connectivity index (χ4n) is 3.19. The van der Waals surface area contributed by atoms with E-state index in [1.165, 1.54) is 28.8 Å². The Labute approximate surface area is 192 Å². The van der Waals surface area contributed by atoms with Crippen molar-refractivity contribution in [3.05, 3.63) is 94.8 Å². The summed E-state index contributed by atoms with van der Waals surface area (Å²) in [6.45, 7) is -2.55. The van der Waals surface area contributed by atoms with E-state index in [1.807, 2.05) is 30.3 Å². The number of rotatable bonds is 8. The molecule has 0 unspecified atom stereocenters. The molecular weight excluding hydrogens is 448 g/mol. The Kier molecular flexibility index (Phi) is 6.99. The number of benzene rings is 3. The summed E-state index contributed by atoms with van der Waals surface area (Å²) < 4.78 is 30.7. The molecule has 0 aliphatic heterocycles. The number of carbonyl (C=O) groups is 1. The number of amides is 1. The number of nitrogens with one attached hydrogen (secondary N) is 1. The number of alkyl halides is 2. The summed E-state index contributed by atoms with van der Waals surface area (Å²) in [5.74, 6) is -0.187. The summed E-state index contributed by atoms with van der Waals surface area (Å²) in [4.78, 5) is 30.2. The largest absolute Gasteiger partial charge is 0.435 e. The van der Waals surface area contributed by atoms with Gasteiger partial charge in [-0.15, -0.1) is 0 Å². The van der Waals surface area contributed by atoms with Gasteiger partial charge in [0.05, 0.1) is 22.3 Å². The standard InChI is InChI=1S/C24H19F2N3O3S/c25-23(26)32-18-12-10-17(11-13-18)29-22(31)19-8-4-5-9-20(19)28-24(29)33-15-21(30)27-14-16-6-2-1-3-7-16/h1-13,23H,14-15H2,(H,27,30). The summed E-state index contributed by atoms with van der Waals surface area (Å²) in [5, 5.41) is 3.57. The highest BCUT2D eigenvalue weighted by Crippen LogP contribution is 2.23. The van der Waals surface area contributed by atoms with Crippen molar-refractivity contribution in [1.82, 2.24) is 14.9 Å². The lowest BCUT2D eigenvalue weighted by Gasteiger charge is -2.14. The van der Waals surface area contributed by atoms with Gasteiger partial charge in [-0.25, -0.2) is 4.98 Å². The fourth-order valence-corrected chi connectivity index (χ4v) is 4.03. The van der Waals surface area contributed by atoms with Crippen LogP contribution in [0.5, 0.6) is 5.75 Å².